The van der Waals surface area contributed by atoms with Crippen LogP contribution in [0.5, 0.6) is 0 Å². The van der Waals surface area contributed by atoms with Gasteiger partial charge in [-0.2, -0.15) is 13.2 Å². The number of hydrogen-bond donors (Lipinski definition) is 1. The molecule has 3 nitrogen and oxygen atoms in total. The van der Waals surface area contributed by atoms with E-state index in [-0.39, 0.29) is 6.61 Å². The Morgan fingerprint density at radius 1 is 1.06 bits per heavy atom. The Morgan fingerprint density at radius 3 is 1.44 bits per heavy atom. The van der Waals surface area contributed by atoms with Crippen molar-refractivity contribution in [1.29, 1.82) is 0 Å². The lowest BCUT2D eigenvalue weighted by atomic mass is 10.3. The summed E-state index contributed by atoms with van der Waals surface area (Å²) in [5, 5.41) is 7.74. The Labute approximate surface area is 126 Å². The highest BCUT2D eigenvalue weighted by molar-refractivity contribution is 6.61. The van der Waals surface area contributed by atoms with E-state index in [2.05, 4.69) is 9.47 Å². The zero-order valence-electron chi connectivity index (χ0n) is 8.70. The van der Waals surface area contributed by atoms with Gasteiger partial charge in [0.05, 0.1) is 6.61 Å². The van der Waals surface area contributed by atoms with Crippen LogP contribution in [0, 0.1) is 0 Å². The van der Waals surface area contributed by atoms with E-state index in [1.807, 2.05) is 0 Å². The van der Waals surface area contributed by atoms with Crippen molar-refractivity contribution in [2.75, 3.05) is 12.5 Å². The van der Waals surface area contributed by atoms with Gasteiger partial charge in [0.25, 0.3) is 14.8 Å². The maximum Gasteiger partial charge on any atom is 0.443 e. The van der Waals surface area contributed by atoms with Crippen molar-refractivity contribution >= 4 is 58.0 Å². The summed E-state index contributed by atoms with van der Waals surface area (Å²) in [6.45, 7) is 0.653. The van der Waals surface area contributed by atoms with E-state index in [9.17, 15) is 13.2 Å². The molecule has 1 N–H and O–H groups in total. The molecule has 1 aliphatic heterocycles. The van der Waals surface area contributed by atoms with Crippen LogP contribution in [0.1, 0.15) is 6.92 Å². The van der Waals surface area contributed by atoms with Crippen LogP contribution < -0.4 is 0 Å². The van der Waals surface area contributed by atoms with Crippen molar-refractivity contribution in [1.82, 2.24) is 0 Å². The lowest BCUT2D eigenvalue weighted by molar-refractivity contribution is -0.340. The predicted molar refractivity (Wildman–Crippen MR) is 63.3 cm³/mol. The van der Waals surface area contributed by atoms with Crippen LogP contribution in [0.15, 0.2) is 0 Å². The Balaban J connectivity index is 0.000000631. The van der Waals surface area contributed by atoms with Crippen LogP contribution in [-0.4, -0.2) is 38.6 Å². The summed E-state index contributed by atoms with van der Waals surface area (Å²) >= 11 is 26.2. The molecule has 0 amide bonds. The molecule has 0 unspecified atom stereocenters. The smallest absolute Gasteiger partial charge is 0.395 e. The molecule has 0 aromatic heterocycles. The Hall–Kier alpha value is 1.12. The lowest BCUT2D eigenvalue weighted by Crippen LogP contribution is -2.44. The average molecular weight is 374 g/mol. The van der Waals surface area contributed by atoms with Crippen molar-refractivity contribution in [3.63, 3.8) is 0 Å². The van der Waals surface area contributed by atoms with E-state index in [4.69, 9.17) is 63.1 Å². The number of aliphatic hydroxyl groups is 1. The van der Waals surface area contributed by atoms with Gasteiger partial charge in [0, 0.05) is 5.88 Å². The van der Waals surface area contributed by atoms with E-state index in [0.717, 1.165) is 0 Å². The first-order chi connectivity index (χ1) is 7.83. The first-order valence-corrected chi connectivity index (χ1v) is 6.27. The van der Waals surface area contributed by atoms with E-state index in [1.165, 1.54) is 0 Å². The number of aliphatic hydroxyl groups excluding tert-OH is 1. The minimum absolute atomic E-state index is 0.0849. The molecule has 0 spiro atoms. The first kappa shape index (κ1) is 19.1. The fourth-order valence-electron chi connectivity index (χ4n) is 0.745. The zero-order chi connectivity index (χ0) is 14.8. The van der Waals surface area contributed by atoms with Crippen LogP contribution in [0.4, 0.5) is 13.2 Å². The van der Waals surface area contributed by atoms with Gasteiger partial charge in [-0.15, -0.1) is 11.6 Å². The molecule has 0 saturated carbocycles. The van der Waals surface area contributed by atoms with Crippen LogP contribution in [-0.2, 0) is 9.47 Å². The van der Waals surface area contributed by atoms with Crippen molar-refractivity contribution in [2.24, 2.45) is 0 Å². The second-order valence-corrected chi connectivity index (χ2v) is 5.99. The molecule has 1 rings (SSSR count). The second-order valence-electron chi connectivity index (χ2n) is 3.09. The number of hydrogen-bond acceptors (Lipinski definition) is 3. The maximum atomic E-state index is 12.3. The van der Waals surface area contributed by atoms with Gasteiger partial charge in [-0.1, -0.05) is 46.4 Å². The van der Waals surface area contributed by atoms with E-state index >= 15 is 0 Å². The second kappa shape index (κ2) is 6.26. The molecule has 1 heterocycles. The highest BCUT2D eigenvalue weighted by Crippen LogP contribution is 2.58. The monoisotopic (exact) mass is 372 g/mol. The van der Waals surface area contributed by atoms with Gasteiger partial charge in [0.1, 0.15) is 0 Å². The summed E-state index contributed by atoms with van der Waals surface area (Å²) in [7, 11) is 0. The molecule has 1 saturated heterocycles. The third kappa shape index (κ3) is 4.31. The standard InChI is InChI=1S/C5H3Cl4F3O2.C2H5ClO/c1-2(5(10,11)12)13-3(6,7)4(8,9)14-2;3-1-2-4/h1H3;4H,1-2H2. The normalized spacial score (nSPS) is 24.3. The fraction of sp³-hybridized carbons (Fsp3) is 1.00. The van der Waals surface area contributed by atoms with Gasteiger partial charge < -0.3 is 14.6 Å². The van der Waals surface area contributed by atoms with Crippen LogP contribution in [0.25, 0.3) is 0 Å². The van der Waals surface area contributed by atoms with Crippen LogP contribution >= 0.6 is 58.0 Å². The Kier molecular flexibility index (Phi) is 6.65. The largest absolute Gasteiger partial charge is 0.443 e. The molecule has 11 heteroatoms. The van der Waals surface area contributed by atoms with Crippen molar-refractivity contribution in [2.45, 2.75) is 27.9 Å². The van der Waals surface area contributed by atoms with E-state index in [1.54, 1.807) is 0 Å². The number of alkyl halides is 8. The number of ether oxygens (including phenoxy) is 2. The molecule has 0 aliphatic carbocycles. The molecular weight excluding hydrogens is 366 g/mol. The molecule has 1 aliphatic rings. The third-order valence-corrected chi connectivity index (χ3v) is 3.51. The summed E-state index contributed by atoms with van der Waals surface area (Å²) in [5.74, 6) is -2.68. The van der Waals surface area contributed by atoms with Gasteiger partial charge in [0.2, 0.25) is 0 Å². The van der Waals surface area contributed by atoms with Gasteiger partial charge in [-0.05, 0) is 6.92 Å². The van der Waals surface area contributed by atoms with E-state index < -0.39 is 21.0 Å². The average Bonchev–Trinajstić information content (AvgIpc) is 2.31. The third-order valence-electron chi connectivity index (χ3n) is 1.58. The topological polar surface area (TPSA) is 38.7 Å². The quantitative estimate of drug-likeness (QED) is 0.710. The summed E-state index contributed by atoms with van der Waals surface area (Å²) in [5.41, 5.74) is 0. The fourth-order valence-corrected chi connectivity index (χ4v) is 1.49. The Morgan fingerprint density at radius 2 is 1.33 bits per heavy atom. The van der Waals surface area contributed by atoms with Crippen LogP contribution in [0.2, 0.25) is 0 Å². The molecule has 18 heavy (non-hydrogen) atoms. The minimum Gasteiger partial charge on any atom is -0.395 e. The molecule has 0 radical (unpaired) electrons. The van der Waals surface area contributed by atoms with Gasteiger partial charge in [-0.3, -0.25) is 0 Å². The molecule has 0 aromatic carbocycles. The Bertz CT molecular complexity index is 266. The summed E-state index contributed by atoms with van der Waals surface area (Å²) in [6.07, 6.45) is -4.85. The highest BCUT2D eigenvalue weighted by atomic mass is 35.5. The molecule has 0 bridgehead atoms. The zero-order valence-corrected chi connectivity index (χ0v) is 12.5. The number of halogens is 8. The van der Waals surface area contributed by atoms with Crippen molar-refractivity contribution in [3.05, 3.63) is 0 Å². The summed E-state index contributed by atoms with van der Waals surface area (Å²) in [6, 6.07) is 0. The van der Waals surface area contributed by atoms with Crippen LogP contribution in [0.3, 0.4) is 0 Å². The van der Waals surface area contributed by atoms with E-state index in [0.29, 0.717) is 12.8 Å². The maximum absolute atomic E-state index is 12.3. The number of rotatable bonds is 1. The molecule has 110 valence electrons. The van der Waals surface area contributed by atoms with Gasteiger partial charge >= 0.3 is 6.18 Å². The SMILES string of the molecule is CC1(C(F)(F)F)OC(Cl)(Cl)C(Cl)(Cl)O1.OCCCl. The predicted octanol–water partition coefficient (Wildman–Crippen LogP) is 3.79. The molecule has 0 aromatic rings. The lowest BCUT2D eigenvalue weighted by Gasteiger charge is -2.25. The van der Waals surface area contributed by atoms with Crippen molar-refractivity contribution < 1.29 is 27.8 Å². The summed E-state index contributed by atoms with van der Waals surface area (Å²) in [4.78, 5) is 0. The summed E-state index contributed by atoms with van der Waals surface area (Å²) < 4.78 is 40.5. The highest BCUT2D eigenvalue weighted by Gasteiger charge is 2.72. The van der Waals surface area contributed by atoms with Gasteiger partial charge in [-0.25, -0.2) is 0 Å². The first-order valence-electron chi connectivity index (χ1n) is 4.22. The minimum atomic E-state index is -4.85. The molecular formula is C7H8Cl5F3O3. The van der Waals surface area contributed by atoms with Gasteiger partial charge in [0.15, 0.2) is 0 Å². The van der Waals surface area contributed by atoms with Crippen molar-refractivity contribution in [3.8, 4) is 0 Å². The molecule has 0 atom stereocenters. The molecule has 1 fully saturated rings.